The van der Waals surface area contributed by atoms with Crippen LogP contribution in [0.2, 0.25) is 0 Å². The summed E-state index contributed by atoms with van der Waals surface area (Å²) in [6.45, 7) is 4.96. The Morgan fingerprint density at radius 3 is 2.45 bits per heavy atom. The number of rotatable bonds is 2. The Bertz CT molecular complexity index is 642. The van der Waals surface area contributed by atoms with E-state index in [1.54, 1.807) is 6.07 Å². The minimum absolute atomic E-state index is 0.0169. The highest BCUT2D eigenvalue weighted by molar-refractivity contribution is 7.89. The molecule has 2 atom stereocenters. The van der Waals surface area contributed by atoms with Gasteiger partial charge in [0.1, 0.15) is 11.9 Å². The SMILES string of the molecule is CC1CC(C)CN(S(=O)(=O)c2ccc(F)c(C#N)c2)C1. The first-order valence-corrected chi connectivity index (χ1v) is 7.98. The third kappa shape index (κ3) is 2.84. The van der Waals surface area contributed by atoms with Gasteiger partial charge in [-0.2, -0.15) is 9.57 Å². The zero-order valence-corrected chi connectivity index (χ0v) is 12.3. The van der Waals surface area contributed by atoms with Crippen molar-refractivity contribution < 1.29 is 12.8 Å². The average Bonchev–Trinajstić information content (AvgIpc) is 2.37. The number of nitrogens with zero attached hydrogens (tertiary/aromatic N) is 2. The van der Waals surface area contributed by atoms with Crippen molar-refractivity contribution in [1.82, 2.24) is 4.31 Å². The standard InChI is InChI=1S/C14H17FN2O2S/c1-10-5-11(2)9-17(8-10)20(18,19)13-3-4-14(15)12(6-13)7-16/h3-4,6,10-11H,5,8-9H2,1-2H3. The molecule has 0 bridgehead atoms. The van der Waals surface area contributed by atoms with E-state index < -0.39 is 15.8 Å². The van der Waals surface area contributed by atoms with Crippen molar-refractivity contribution in [1.29, 1.82) is 5.26 Å². The number of hydrogen-bond acceptors (Lipinski definition) is 3. The highest BCUT2D eigenvalue weighted by Crippen LogP contribution is 2.27. The van der Waals surface area contributed by atoms with Crippen molar-refractivity contribution in [2.75, 3.05) is 13.1 Å². The minimum atomic E-state index is -3.66. The molecular formula is C14H17FN2O2S. The minimum Gasteiger partial charge on any atom is -0.207 e. The van der Waals surface area contributed by atoms with Gasteiger partial charge in [-0.3, -0.25) is 0 Å². The molecule has 0 aromatic heterocycles. The zero-order valence-electron chi connectivity index (χ0n) is 11.5. The van der Waals surface area contributed by atoms with Gasteiger partial charge in [0.2, 0.25) is 10.0 Å². The van der Waals surface area contributed by atoms with Crippen LogP contribution in [-0.2, 0) is 10.0 Å². The van der Waals surface area contributed by atoms with Gasteiger partial charge in [0.15, 0.2) is 0 Å². The Kier molecular flexibility index (Phi) is 4.11. The second-order valence-electron chi connectivity index (χ2n) is 5.52. The highest BCUT2D eigenvalue weighted by atomic mass is 32.2. The molecule has 1 saturated heterocycles. The lowest BCUT2D eigenvalue weighted by atomic mass is 9.94. The maximum Gasteiger partial charge on any atom is 0.243 e. The van der Waals surface area contributed by atoms with Crippen LogP contribution in [0.5, 0.6) is 0 Å². The predicted octanol–water partition coefficient (Wildman–Crippen LogP) is 2.36. The Labute approximate surface area is 118 Å². The molecular weight excluding hydrogens is 279 g/mol. The van der Waals surface area contributed by atoms with Gasteiger partial charge in [-0.05, 0) is 36.5 Å². The maximum atomic E-state index is 13.3. The van der Waals surface area contributed by atoms with Gasteiger partial charge >= 0.3 is 0 Å². The van der Waals surface area contributed by atoms with Gasteiger partial charge in [-0.15, -0.1) is 0 Å². The molecule has 0 N–H and O–H groups in total. The summed E-state index contributed by atoms with van der Waals surface area (Å²) in [5.74, 6) is -0.111. The van der Waals surface area contributed by atoms with Crippen molar-refractivity contribution in [3.05, 3.63) is 29.6 Å². The third-order valence-electron chi connectivity index (χ3n) is 3.53. The average molecular weight is 296 g/mol. The van der Waals surface area contributed by atoms with Gasteiger partial charge in [-0.25, -0.2) is 12.8 Å². The maximum absolute atomic E-state index is 13.3. The molecule has 108 valence electrons. The third-order valence-corrected chi connectivity index (χ3v) is 5.36. The lowest BCUT2D eigenvalue weighted by Gasteiger charge is -2.34. The van der Waals surface area contributed by atoms with E-state index >= 15 is 0 Å². The molecule has 0 spiro atoms. The van der Waals surface area contributed by atoms with Crippen LogP contribution in [0, 0.1) is 29.0 Å². The van der Waals surface area contributed by atoms with Crippen molar-refractivity contribution in [3.8, 4) is 6.07 Å². The van der Waals surface area contributed by atoms with E-state index in [1.165, 1.54) is 10.4 Å². The number of piperidine rings is 1. The Morgan fingerprint density at radius 1 is 1.30 bits per heavy atom. The normalized spacial score (nSPS) is 24.3. The van der Waals surface area contributed by atoms with Gasteiger partial charge < -0.3 is 0 Å². The van der Waals surface area contributed by atoms with Crippen LogP contribution in [0.1, 0.15) is 25.8 Å². The quantitative estimate of drug-likeness (QED) is 0.841. The molecule has 0 amide bonds. The fraction of sp³-hybridized carbons (Fsp3) is 0.500. The van der Waals surface area contributed by atoms with Crippen LogP contribution in [0.3, 0.4) is 0 Å². The van der Waals surface area contributed by atoms with Crippen molar-refractivity contribution in [2.24, 2.45) is 11.8 Å². The Morgan fingerprint density at radius 2 is 1.90 bits per heavy atom. The van der Waals surface area contributed by atoms with Crippen molar-refractivity contribution in [3.63, 3.8) is 0 Å². The molecule has 20 heavy (non-hydrogen) atoms. The molecule has 1 aliphatic rings. The van der Waals surface area contributed by atoms with E-state index in [2.05, 4.69) is 0 Å². The summed E-state index contributed by atoms with van der Waals surface area (Å²) in [6.07, 6.45) is 0.999. The molecule has 0 radical (unpaired) electrons. The molecule has 1 heterocycles. The van der Waals surface area contributed by atoms with Gasteiger partial charge in [-0.1, -0.05) is 13.8 Å². The summed E-state index contributed by atoms with van der Waals surface area (Å²) in [7, 11) is -3.66. The topological polar surface area (TPSA) is 61.2 Å². The number of benzene rings is 1. The summed E-state index contributed by atoms with van der Waals surface area (Å²) in [5, 5.41) is 8.80. The first kappa shape index (κ1) is 14.9. The van der Waals surface area contributed by atoms with Crippen LogP contribution in [0.25, 0.3) is 0 Å². The second-order valence-corrected chi connectivity index (χ2v) is 7.46. The molecule has 6 heteroatoms. The Hall–Kier alpha value is -1.45. The molecule has 1 aromatic carbocycles. The summed E-state index contributed by atoms with van der Waals surface area (Å²) < 4.78 is 39.8. The predicted molar refractivity (Wildman–Crippen MR) is 72.8 cm³/mol. The first-order valence-electron chi connectivity index (χ1n) is 6.54. The molecule has 1 aliphatic heterocycles. The van der Waals surface area contributed by atoms with Crippen molar-refractivity contribution >= 4 is 10.0 Å². The van der Waals surface area contributed by atoms with Gasteiger partial charge in [0, 0.05) is 13.1 Å². The number of sulfonamides is 1. The number of halogens is 1. The lowest BCUT2D eigenvalue weighted by Crippen LogP contribution is -2.42. The smallest absolute Gasteiger partial charge is 0.207 e. The van der Waals surface area contributed by atoms with Crippen LogP contribution in [0.4, 0.5) is 4.39 Å². The second kappa shape index (κ2) is 5.51. The highest BCUT2D eigenvalue weighted by Gasteiger charge is 2.31. The first-order chi connectivity index (χ1) is 9.34. The summed E-state index contributed by atoms with van der Waals surface area (Å²) in [4.78, 5) is -0.0169. The fourth-order valence-electron chi connectivity index (χ4n) is 2.70. The molecule has 1 aromatic rings. The van der Waals surface area contributed by atoms with E-state index in [0.717, 1.165) is 18.6 Å². The number of nitriles is 1. The summed E-state index contributed by atoms with van der Waals surface area (Å²) in [5.41, 5.74) is -0.246. The van der Waals surface area contributed by atoms with Crippen LogP contribution >= 0.6 is 0 Å². The van der Waals surface area contributed by atoms with E-state index in [1.807, 2.05) is 13.8 Å². The largest absolute Gasteiger partial charge is 0.243 e. The fourth-order valence-corrected chi connectivity index (χ4v) is 4.41. The molecule has 0 aliphatic carbocycles. The Balaban J connectivity index is 2.38. The zero-order chi connectivity index (χ0) is 14.9. The monoisotopic (exact) mass is 296 g/mol. The van der Waals surface area contributed by atoms with Crippen molar-refractivity contribution in [2.45, 2.75) is 25.2 Å². The van der Waals surface area contributed by atoms with Gasteiger partial charge in [0.05, 0.1) is 10.5 Å². The molecule has 2 rings (SSSR count). The molecule has 0 saturated carbocycles. The lowest BCUT2D eigenvalue weighted by molar-refractivity contribution is 0.222. The summed E-state index contributed by atoms with van der Waals surface area (Å²) in [6, 6.07) is 5.02. The molecule has 2 unspecified atom stereocenters. The van der Waals surface area contributed by atoms with E-state index in [-0.39, 0.29) is 10.5 Å². The van der Waals surface area contributed by atoms with E-state index in [9.17, 15) is 12.8 Å². The van der Waals surface area contributed by atoms with Gasteiger partial charge in [0.25, 0.3) is 0 Å². The van der Waals surface area contributed by atoms with Crippen LogP contribution in [-0.4, -0.2) is 25.8 Å². The summed E-state index contributed by atoms with van der Waals surface area (Å²) >= 11 is 0. The molecule has 4 nitrogen and oxygen atoms in total. The molecule has 1 fully saturated rings. The van der Waals surface area contributed by atoms with Crippen LogP contribution < -0.4 is 0 Å². The van der Waals surface area contributed by atoms with E-state index in [0.29, 0.717) is 24.9 Å². The number of hydrogen-bond donors (Lipinski definition) is 0. The van der Waals surface area contributed by atoms with E-state index in [4.69, 9.17) is 5.26 Å². The van der Waals surface area contributed by atoms with Crippen LogP contribution in [0.15, 0.2) is 23.1 Å².